The van der Waals surface area contributed by atoms with E-state index in [1.54, 1.807) is 0 Å². The molecular weight excluding hydrogens is 242 g/mol. The van der Waals surface area contributed by atoms with Crippen molar-refractivity contribution in [1.29, 1.82) is 0 Å². The molecule has 2 aromatic carbocycles. The van der Waals surface area contributed by atoms with Crippen molar-refractivity contribution in [2.45, 2.75) is 6.54 Å². The van der Waals surface area contributed by atoms with E-state index < -0.39 is 0 Å². The smallest absolute Gasteiger partial charge is 1.00 e. The molecule has 2 aromatic rings. The number of benzene rings is 2. The van der Waals surface area contributed by atoms with Crippen LogP contribution in [0.25, 0.3) is 0 Å². The predicted molar refractivity (Wildman–Crippen MR) is 71.0 cm³/mol. The number of rotatable bonds is 1. The summed E-state index contributed by atoms with van der Waals surface area (Å²) in [7, 11) is 0. The van der Waals surface area contributed by atoms with E-state index in [1.807, 2.05) is 60.7 Å². The van der Waals surface area contributed by atoms with Gasteiger partial charge in [0, 0.05) is 6.54 Å². The van der Waals surface area contributed by atoms with Crippen LogP contribution in [0.2, 0.25) is 0 Å². The Morgan fingerprint density at radius 1 is 0.824 bits per heavy atom. The number of hydrogen-bond acceptors (Lipinski definition) is 1. The first kappa shape index (κ1) is 18.7. The third-order valence-electron chi connectivity index (χ3n) is 1.92. The summed E-state index contributed by atoms with van der Waals surface area (Å²) in [6, 6.07) is 19.9. The largest absolute Gasteiger partial charge is 2.00 e. The van der Waals surface area contributed by atoms with Gasteiger partial charge in [0.1, 0.15) is 0 Å². The van der Waals surface area contributed by atoms with Crippen LogP contribution in [-0.2, 0) is 6.54 Å². The van der Waals surface area contributed by atoms with Gasteiger partial charge in [0.25, 0.3) is 0 Å². The molecule has 0 aliphatic heterocycles. The van der Waals surface area contributed by atoms with E-state index in [2.05, 4.69) is 6.92 Å². The summed E-state index contributed by atoms with van der Waals surface area (Å²) in [5.74, 6) is 0. The molecule has 0 bridgehead atoms. The second-order valence-corrected chi connectivity index (χ2v) is 3.18. The standard InChI is InChI=1S/C7H9N.C7H7.ClH.Mg/c8-6-7-4-2-1-3-5-7;1-7-5-3-2-4-6-7;;/h1-5H,6,8H2;2-6H,1H2;1H;/q;-1;;+2/p-1. The summed E-state index contributed by atoms with van der Waals surface area (Å²) >= 11 is 0. The molecule has 17 heavy (non-hydrogen) atoms. The summed E-state index contributed by atoms with van der Waals surface area (Å²) in [6.07, 6.45) is 0. The molecule has 86 valence electrons. The molecule has 0 radical (unpaired) electrons. The molecule has 0 unspecified atom stereocenters. The van der Waals surface area contributed by atoms with Crippen molar-refractivity contribution in [3.05, 3.63) is 78.7 Å². The molecule has 3 heteroatoms. The molecule has 0 heterocycles. The molecule has 0 amide bonds. The molecule has 0 saturated heterocycles. The second-order valence-electron chi connectivity index (χ2n) is 3.18. The molecule has 2 N–H and O–H groups in total. The summed E-state index contributed by atoms with van der Waals surface area (Å²) in [6.45, 7) is 4.36. The summed E-state index contributed by atoms with van der Waals surface area (Å²) < 4.78 is 0. The molecule has 0 saturated carbocycles. The van der Waals surface area contributed by atoms with Gasteiger partial charge in [-0.1, -0.05) is 36.4 Å². The van der Waals surface area contributed by atoms with Crippen LogP contribution in [0.3, 0.4) is 0 Å². The molecule has 0 aromatic heterocycles. The molecule has 0 aliphatic rings. The fourth-order valence-corrected chi connectivity index (χ4v) is 1.09. The number of nitrogens with two attached hydrogens (primary N) is 1. The van der Waals surface area contributed by atoms with Crippen LogP contribution in [0.15, 0.2) is 60.7 Å². The van der Waals surface area contributed by atoms with Gasteiger partial charge in [0.05, 0.1) is 0 Å². The summed E-state index contributed by atoms with van der Waals surface area (Å²) in [5.41, 5.74) is 7.61. The second kappa shape index (κ2) is 11.8. The van der Waals surface area contributed by atoms with Crippen molar-refractivity contribution >= 4 is 23.1 Å². The van der Waals surface area contributed by atoms with Crippen LogP contribution in [-0.4, -0.2) is 23.1 Å². The maximum Gasteiger partial charge on any atom is 2.00 e. The SMILES string of the molecule is NCc1ccccc1.[CH2-]c1ccccc1.[Cl-].[Mg+2]. The van der Waals surface area contributed by atoms with E-state index in [1.165, 1.54) is 5.56 Å². The van der Waals surface area contributed by atoms with Crippen molar-refractivity contribution < 1.29 is 12.4 Å². The maximum atomic E-state index is 5.35. The first-order chi connectivity index (χ1) is 7.33. The van der Waals surface area contributed by atoms with Crippen LogP contribution in [0, 0.1) is 6.92 Å². The van der Waals surface area contributed by atoms with Gasteiger partial charge in [-0.2, -0.15) is 24.6 Å². The molecule has 2 rings (SSSR count). The first-order valence-electron chi connectivity index (χ1n) is 4.94. The van der Waals surface area contributed by atoms with Gasteiger partial charge in [-0.15, -0.1) is 12.1 Å². The van der Waals surface area contributed by atoms with Gasteiger partial charge >= 0.3 is 23.1 Å². The number of hydrogen-bond donors (Lipinski definition) is 1. The third kappa shape index (κ3) is 9.07. The van der Waals surface area contributed by atoms with Gasteiger partial charge in [-0.25, -0.2) is 0 Å². The van der Waals surface area contributed by atoms with Crippen molar-refractivity contribution in [1.82, 2.24) is 0 Å². The van der Waals surface area contributed by atoms with Crippen LogP contribution in [0.1, 0.15) is 11.1 Å². The van der Waals surface area contributed by atoms with Gasteiger partial charge in [-0.3, -0.25) is 0 Å². The zero-order valence-corrected chi connectivity index (χ0v) is 12.0. The predicted octanol–water partition coefficient (Wildman–Crippen LogP) is -0.363. The zero-order valence-electron chi connectivity index (χ0n) is 9.85. The fraction of sp³-hybridized carbons (Fsp3) is 0.0714. The van der Waals surface area contributed by atoms with Gasteiger partial charge in [0.15, 0.2) is 0 Å². The average molecular weight is 258 g/mol. The van der Waals surface area contributed by atoms with Crippen LogP contribution < -0.4 is 18.1 Å². The molecule has 0 fully saturated rings. The Hall–Kier alpha value is -0.674. The Labute approximate surface area is 126 Å². The summed E-state index contributed by atoms with van der Waals surface area (Å²) in [5, 5.41) is 0. The van der Waals surface area contributed by atoms with Crippen molar-refractivity contribution in [2.75, 3.05) is 0 Å². The van der Waals surface area contributed by atoms with E-state index in [0.717, 1.165) is 5.56 Å². The maximum absolute atomic E-state index is 5.35. The van der Waals surface area contributed by atoms with Crippen molar-refractivity contribution in [3.8, 4) is 0 Å². The van der Waals surface area contributed by atoms with Gasteiger partial charge in [-0.05, 0) is 5.56 Å². The Kier molecular flexibility index (Phi) is 13.0. The molecule has 0 spiro atoms. The quantitative estimate of drug-likeness (QED) is 0.548. The summed E-state index contributed by atoms with van der Waals surface area (Å²) in [4.78, 5) is 0. The molecule has 1 nitrogen and oxygen atoms in total. The fourth-order valence-electron chi connectivity index (χ4n) is 1.09. The topological polar surface area (TPSA) is 26.0 Å². The van der Waals surface area contributed by atoms with E-state index in [0.29, 0.717) is 6.54 Å². The Morgan fingerprint density at radius 2 is 1.24 bits per heavy atom. The average Bonchev–Trinajstić information content (AvgIpc) is 2.32. The van der Waals surface area contributed by atoms with Gasteiger partial charge < -0.3 is 18.1 Å². The zero-order chi connectivity index (χ0) is 10.9. The van der Waals surface area contributed by atoms with Crippen LogP contribution >= 0.6 is 0 Å². The van der Waals surface area contributed by atoms with E-state index in [-0.39, 0.29) is 35.5 Å². The first-order valence-corrected chi connectivity index (χ1v) is 4.94. The minimum Gasteiger partial charge on any atom is -1.00 e. The third-order valence-corrected chi connectivity index (χ3v) is 1.92. The monoisotopic (exact) mass is 257 g/mol. The minimum absolute atomic E-state index is 0. The van der Waals surface area contributed by atoms with E-state index in [4.69, 9.17) is 5.73 Å². The van der Waals surface area contributed by atoms with Crippen molar-refractivity contribution in [3.63, 3.8) is 0 Å². The molecule has 0 aliphatic carbocycles. The Bertz CT molecular complexity index is 364. The van der Waals surface area contributed by atoms with Gasteiger partial charge in [0.2, 0.25) is 0 Å². The van der Waals surface area contributed by atoms with Crippen LogP contribution in [0.5, 0.6) is 0 Å². The Morgan fingerprint density at radius 3 is 1.47 bits per heavy atom. The minimum atomic E-state index is 0. The van der Waals surface area contributed by atoms with E-state index >= 15 is 0 Å². The number of halogens is 1. The van der Waals surface area contributed by atoms with E-state index in [9.17, 15) is 0 Å². The van der Waals surface area contributed by atoms with Crippen molar-refractivity contribution in [2.24, 2.45) is 5.73 Å². The molecule has 0 atom stereocenters. The molecular formula is C14H16ClMgN. The normalized spacial score (nSPS) is 7.82. The van der Waals surface area contributed by atoms with Crippen LogP contribution in [0.4, 0.5) is 0 Å². The Balaban J connectivity index is 0.